The number of sulfone groups is 1. The number of carbonyl (C=O) groups is 2. The highest BCUT2D eigenvalue weighted by molar-refractivity contribution is 7.90. The van der Waals surface area contributed by atoms with Crippen molar-refractivity contribution in [2.24, 2.45) is 0 Å². The van der Waals surface area contributed by atoms with E-state index >= 15 is 0 Å². The number of amides is 1. The number of ether oxygens (including phenoxy) is 1. The van der Waals surface area contributed by atoms with Crippen molar-refractivity contribution in [2.75, 3.05) is 18.6 Å². The van der Waals surface area contributed by atoms with Crippen LogP contribution in [-0.4, -0.2) is 49.7 Å². The van der Waals surface area contributed by atoms with Crippen LogP contribution in [0.1, 0.15) is 32.8 Å². The molecule has 1 atom stereocenters. The standard InChI is InChI=1S/C17H24FNO6S/c1-16(2,3)25-15(22)19-11-17(14(20)21,8-9-26(4,23)24)12-6-5-7-13(18)10-12/h5-7,10H,8-9,11H2,1-4H3,(H,19,22)(H,20,21). The number of halogens is 1. The summed E-state index contributed by atoms with van der Waals surface area (Å²) in [6, 6.07) is 4.88. The molecular weight excluding hydrogens is 365 g/mol. The lowest BCUT2D eigenvalue weighted by Crippen LogP contribution is -2.48. The minimum Gasteiger partial charge on any atom is -0.481 e. The maximum absolute atomic E-state index is 13.6. The highest BCUT2D eigenvalue weighted by Gasteiger charge is 2.42. The Morgan fingerprint density at radius 1 is 1.27 bits per heavy atom. The highest BCUT2D eigenvalue weighted by Crippen LogP contribution is 2.29. The van der Waals surface area contributed by atoms with Gasteiger partial charge in [0.15, 0.2) is 0 Å². The molecule has 0 aromatic heterocycles. The first-order valence-electron chi connectivity index (χ1n) is 7.89. The molecule has 1 unspecified atom stereocenters. The number of carboxylic acid groups (broad SMARTS) is 1. The Kier molecular flexibility index (Phi) is 6.76. The second kappa shape index (κ2) is 8.03. The van der Waals surface area contributed by atoms with Crippen LogP contribution in [0.25, 0.3) is 0 Å². The molecule has 146 valence electrons. The molecule has 1 aromatic rings. The second-order valence-electron chi connectivity index (χ2n) is 7.13. The molecule has 0 aliphatic heterocycles. The molecule has 0 spiro atoms. The number of benzene rings is 1. The number of hydrogen-bond donors (Lipinski definition) is 2. The van der Waals surface area contributed by atoms with Crippen molar-refractivity contribution in [1.82, 2.24) is 5.32 Å². The van der Waals surface area contributed by atoms with Crippen molar-refractivity contribution < 1.29 is 32.2 Å². The van der Waals surface area contributed by atoms with Crippen LogP contribution in [0.2, 0.25) is 0 Å². The Labute approximate surface area is 152 Å². The molecule has 1 aromatic carbocycles. The largest absolute Gasteiger partial charge is 0.481 e. The van der Waals surface area contributed by atoms with Crippen molar-refractivity contribution in [3.63, 3.8) is 0 Å². The molecule has 2 N–H and O–H groups in total. The van der Waals surface area contributed by atoms with Gasteiger partial charge in [0.05, 0.1) is 5.75 Å². The average molecular weight is 389 g/mol. The van der Waals surface area contributed by atoms with E-state index in [4.69, 9.17) is 4.74 Å². The molecule has 1 amide bonds. The van der Waals surface area contributed by atoms with Gasteiger partial charge in [0.25, 0.3) is 0 Å². The molecule has 0 heterocycles. The Morgan fingerprint density at radius 2 is 1.88 bits per heavy atom. The Morgan fingerprint density at radius 3 is 2.35 bits per heavy atom. The van der Waals surface area contributed by atoms with Gasteiger partial charge >= 0.3 is 12.1 Å². The fourth-order valence-corrected chi connectivity index (χ4v) is 3.04. The number of hydrogen-bond acceptors (Lipinski definition) is 5. The summed E-state index contributed by atoms with van der Waals surface area (Å²) >= 11 is 0. The first kappa shape index (κ1) is 21.9. The summed E-state index contributed by atoms with van der Waals surface area (Å²) in [5, 5.41) is 12.2. The highest BCUT2D eigenvalue weighted by atomic mass is 32.2. The third kappa shape index (κ3) is 6.62. The van der Waals surface area contributed by atoms with Crippen molar-refractivity contribution in [1.29, 1.82) is 0 Å². The van der Waals surface area contributed by atoms with Gasteiger partial charge in [0.1, 0.15) is 26.7 Å². The molecule has 0 radical (unpaired) electrons. The van der Waals surface area contributed by atoms with Crippen LogP contribution in [-0.2, 0) is 24.8 Å². The molecule has 0 saturated carbocycles. The zero-order valence-electron chi connectivity index (χ0n) is 15.2. The summed E-state index contributed by atoms with van der Waals surface area (Å²) in [7, 11) is -3.48. The van der Waals surface area contributed by atoms with Gasteiger partial charge < -0.3 is 15.2 Å². The van der Waals surface area contributed by atoms with Crippen molar-refractivity contribution in [3.8, 4) is 0 Å². The van der Waals surface area contributed by atoms with E-state index in [1.165, 1.54) is 12.1 Å². The van der Waals surface area contributed by atoms with E-state index in [1.807, 2.05) is 0 Å². The molecule has 0 bridgehead atoms. The summed E-state index contributed by atoms with van der Waals surface area (Å²) in [6.07, 6.45) is -0.203. The van der Waals surface area contributed by atoms with Crippen molar-refractivity contribution in [3.05, 3.63) is 35.6 Å². The fraction of sp³-hybridized carbons (Fsp3) is 0.529. The smallest absolute Gasteiger partial charge is 0.407 e. The molecule has 0 saturated heterocycles. The number of nitrogens with one attached hydrogen (secondary N) is 1. The molecular formula is C17H24FNO6S. The number of rotatable bonds is 7. The summed E-state index contributed by atoms with van der Waals surface area (Å²) in [6.45, 7) is 4.49. The van der Waals surface area contributed by atoms with Gasteiger partial charge in [-0.2, -0.15) is 0 Å². The minimum atomic E-state index is -3.48. The monoisotopic (exact) mass is 389 g/mol. The third-order valence-corrected chi connectivity index (χ3v) is 4.57. The van der Waals surface area contributed by atoms with E-state index < -0.39 is 51.0 Å². The lowest BCUT2D eigenvalue weighted by Gasteiger charge is -2.30. The van der Waals surface area contributed by atoms with Crippen LogP contribution in [0.4, 0.5) is 9.18 Å². The van der Waals surface area contributed by atoms with Crippen LogP contribution in [0.15, 0.2) is 24.3 Å². The van der Waals surface area contributed by atoms with E-state index in [9.17, 15) is 27.5 Å². The molecule has 0 aliphatic rings. The molecule has 1 rings (SSSR count). The quantitative estimate of drug-likeness (QED) is 0.739. The fourth-order valence-electron chi connectivity index (χ4n) is 2.32. The van der Waals surface area contributed by atoms with Crippen LogP contribution in [0, 0.1) is 5.82 Å². The SMILES string of the molecule is CC(C)(C)OC(=O)NCC(CCS(C)(=O)=O)(C(=O)O)c1cccc(F)c1. The lowest BCUT2D eigenvalue weighted by molar-refractivity contribution is -0.143. The van der Waals surface area contributed by atoms with Gasteiger partial charge in [0, 0.05) is 12.8 Å². The zero-order chi connectivity index (χ0) is 20.2. The van der Waals surface area contributed by atoms with E-state index in [0.717, 1.165) is 18.4 Å². The second-order valence-corrected chi connectivity index (χ2v) is 9.39. The molecule has 26 heavy (non-hydrogen) atoms. The first-order chi connectivity index (χ1) is 11.8. The van der Waals surface area contributed by atoms with E-state index in [1.54, 1.807) is 20.8 Å². The van der Waals surface area contributed by atoms with Crippen molar-refractivity contribution >= 4 is 21.9 Å². The third-order valence-electron chi connectivity index (χ3n) is 3.62. The Bertz CT molecular complexity index is 772. The molecule has 0 aliphatic carbocycles. The summed E-state index contributed by atoms with van der Waals surface area (Å²) in [5.41, 5.74) is -2.55. The molecule has 9 heteroatoms. The van der Waals surface area contributed by atoms with Gasteiger partial charge in [-0.3, -0.25) is 4.79 Å². The summed E-state index contributed by atoms with van der Waals surface area (Å²) < 4.78 is 41.8. The Hall–Kier alpha value is -2.16. The normalized spacial score (nSPS) is 14.3. The van der Waals surface area contributed by atoms with Gasteiger partial charge in [-0.25, -0.2) is 17.6 Å². The summed E-state index contributed by atoms with van der Waals surface area (Å²) in [5.74, 6) is -2.47. The zero-order valence-corrected chi connectivity index (χ0v) is 16.0. The predicted molar refractivity (Wildman–Crippen MR) is 94.3 cm³/mol. The summed E-state index contributed by atoms with van der Waals surface area (Å²) in [4.78, 5) is 23.9. The van der Waals surface area contributed by atoms with Crippen molar-refractivity contribution in [2.45, 2.75) is 38.2 Å². The van der Waals surface area contributed by atoms with Gasteiger partial charge in [0.2, 0.25) is 0 Å². The van der Waals surface area contributed by atoms with Crippen LogP contribution in [0.3, 0.4) is 0 Å². The number of aliphatic carboxylic acids is 1. The maximum atomic E-state index is 13.6. The first-order valence-corrected chi connectivity index (χ1v) is 9.95. The Balaban J connectivity index is 3.21. The van der Waals surface area contributed by atoms with E-state index in [-0.39, 0.29) is 12.0 Å². The van der Waals surface area contributed by atoms with E-state index in [0.29, 0.717) is 0 Å². The van der Waals surface area contributed by atoms with Gasteiger partial charge in [-0.1, -0.05) is 12.1 Å². The lowest BCUT2D eigenvalue weighted by atomic mass is 9.78. The van der Waals surface area contributed by atoms with Crippen LogP contribution >= 0.6 is 0 Å². The number of carbonyl (C=O) groups excluding carboxylic acids is 1. The molecule has 7 nitrogen and oxygen atoms in total. The van der Waals surface area contributed by atoms with Crippen LogP contribution < -0.4 is 5.32 Å². The van der Waals surface area contributed by atoms with Gasteiger partial charge in [-0.15, -0.1) is 0 Å². The van der Waals surface area contributed by atoms with Crippen LogP contribution in [0.5, 0.6) is 0 Å². The number of carboxylic acids is 1. The van der Waals surface area contributed by atoms with E-state index in [2.05, 4.69) is 5.32 Å². The predicted octanol–water partition coefficient (Wildman–Crippen LogP) is 2.11. The number of alkyl carbamates (subject to hydrolysis) is 1. The molecule has 0 fully saturated rings. The average Bonchev–Trinajstić information content (AvgIpc) is 2.44. The topological polar surface area (TPSA) is 110 Å². The maximum Gasteiger partial charge on any atom is 0.407 e. The minimum absolute atomic E-state index is 0.0599. The van der Waals surface area contributed by atoms with Gasteiger partial charge in [-0.05, 0) is 44.9 Å².